The van der Waals surface area contributed by atoms with E-state index in [9.17, 15) is 12.8 Å². The van der Waals surface area contributed by atoms with Gasteiger partial charge in [0.15, 0.2) is 0 Å². The van der Waals surface area contributed by atoms with Crippen LogP contribution in [0.15, 0.2) is 22.5 Å². The summed E-state index contributed by atoms with van der Waals surface area (Å²) >= 11 is 1.05. The number of sulfone groups is 1. The molecule has 2 aromatic rings. The second-order valence-electron chi connectivity index (χ2n) is 2.86. The fraction of sp³-hybridized carbons (Fsp3) is 0.125. The summed E-state index contributed by atoms with van der Waals surface area (Å²) in [7, 11) is -3.29. The third kappa shape index (κ3) is 1.62. The fourth-order valence-corrected chi connectivity index (χ4v) is 2.85. The van der Waals surface area contributed by atoms with Gasteiger partial charge in [0.2, 0.25) is 14.2 Å². The quantitative estimate of drug-likeness (QED) is 0.752. The number of fused-ring (bicyclic) bond motifs is 1. The zero-order valence-corrected chi connectivity index (χ0v) is 8.82. The maximum Gasteiger partial charge on any atom is 0.210 e. The summed E-state index contributed by atoms with van der Waals surface area (Å²) in [5.74, 6) is -0.414. The number of aromatic nitrogens is 1. The number of hydrogen-bond acceptors (Lipinski definition) is 4. The lowest BCUT2D eigenvalue weighted by molar-refractivity contribution is 0.601. The van der Waals surface area contributed by atoms with Crippen molar-refractivity contribution in [3.05, 3.63) is 24.0 Å². The largest absolute Gasteiger partial charge is 0.225 e. The Morgan fingerprint density at radius 3 is 2.79 bits per heavy atom. The summed E-state index contributed by atoms with van der Waals surface area (Å²) in [6, 6.07) is 4.03. The van der Waals surface area contributed by atoms with Gasteiger partial charge in [-0.05, 0) is 12.1 Å². The van der Waals surface area contributed by atoms with E-state index in [0.29, 0.717) is 10.2 Å². The molecule has 0 saturated carbocycles. The molecular weight excluding hydrogens is 225 g/mol. The molecule has 0 amide bonds. The Hall–Kier alpha value is -1.01. The van der Waals surface area contributed by atoms with Crippen LogP contribution in [0.1, 0.15) is 0 Å². The molecule has 1 aromatic carbocycles. The lowest BCUT2D eigenvalue weighted by Gasteiger charge is -1.86. The Morgan fingerprint density at radius 1 is 1.43 bits per heavy atom. The van der Waals surface area contributed by atoms with Crippen molar-refractivity contribution in [3.8, 4) is 0 Å². The number of thiazole rings is 1. The molecule has 6 heteroatoms. The lowest BCUT2D eigenvalue weighted by Crippen LogP contribution is -1.94. The van der Waals surface area contributed by atoms with E-state index in [1.807, 2.05) is 0 Å². The first-order chi connectivity index (χ1) is 6.47. The van der Waals surface area contributed by atoms with Crippen LogP contribution in [-0.2, 0) is 9.84 Å². The average Bonchev–Trinajstić information content (AvgIpc) is 2.45. The Labute approximate surface area is 84.1 Å². The van der Waals surface area contributed by atoms with E-state index in [1.54, 1.807) is 0 Å². The van der Waals surface area contributed by atoms with Crippen LogP contribution in [0.5, 0.6) is 0 Å². The molecule has 0 radical (unpaired) electrons. The van der Waals surface area contributed by atoms with Crippen LogP contribution < -0.4 is 0 Å². The number of hydrogen-bond donors (Lipinski definition) is 0. The van der Waals surface area contributed by atoms with Crippen molar-refractivity contribution >= 4 is 31.4 Å². The molecule has 0 spiro atoms. The molecule has 74 valence electrons. The summed E-state index contributed by atoms with van der Waals surface area (Å²) in [4.78, 5) is 3.84. The maximum absolute atomic E-state index is 12.8. The molecule has 0 aliphatic carbocycles. The van der Waals surface area contributed by atoms with Crippen LogP contribution in [0.2, 0.25) is 0 Å². The second-order valence-corrected chi connectivity index (χ2v) is 6.08. The summed E-state index contributed by atoms with van der Waals surface area (Å²) in [5.41, 5.74) is 0.385. The van der Waals surface area contributed by atoms with E-state index >= 15 is 0 Å². The predicted molar refractivity (Wildman–Crippen MR) is 52.7 cm³/mol. The van der Waals surface area contributed by atoms with Gasteiger partial charge in [0.25, 0.3) is 0 Å². The molecule has 0 unspecified atom stereocenters. The molecular formula is C8H6FNO2S2. The first-order valence-corrected chi connectivity index (χ1v) is 6.44. The molecule has 1 aromatic heterocycles. The van der Waals surface area contributed by atoms with E-state index in [-0.39, 0.29) is 4.34 Å². The number of benzene rings is 1. The van der Waals surface area contributed by atoms with E-state index < -0.39 is 15.7 Å². The van der Waals surface area contributed by atoms with Crippen LogP contribution in [0, 0.1) is 5.82 Å². The Bertz CT molecular complexity index is 588. The van der Waals surface area contributed by atoms with Gasteiger partial charge in [0, 0.05) is 12.3 Å². The highest BCUT2D eigenvalue weighted by molar-refractivity contribution is 7.92. The SMILES string of the molecule is CS(=O)(=O)c1nc2cc(F)ccc2s1. The van der Waals surface area contributed by atoms with Gasteiger partial charge in [-0.1, -0.05) is 0 Å². The van der Waals surface area contributed by atoms with E-state index in [1.165, 1.54) is 18.2 Å². The third-order valence-corrected chi connectivity index (χ3v) is 4.36. The van der Waals surface area contributed by atoms with Gasteiger partial charge in [0.05, 0.1) is 10.2 Å². The molecule has 14 heavy (non-hydrogen) atoms. The van der Waals surface area contributed by atoms with Gasteiger partial charge >= 0.3 is 0 Å². The lowest BCUT2D eigenvalue weighted by atomic mass is 10.3. The monoisotopic (exact) mass is 231 g/mol. The van der Waals surface area contributed by atoms with Crippen LogP contribution in [0.3, 0.4) is 0 Å². The summed E-state index contributed by atoms with van der Waals surface area (Å²) in [6.07, 6.45) is 1.08. The van der Waals surface area contributed by atoms with E-state index in [4.69, 9.17) is 0 Å². The highest BCUT2D eigenvalue weighted by Gasteiger charge is 2.13. The molecule has 0 aliphatic heterocycles. The predicted octanol–water partition coefficient (Wildman–Crippen LogP) is 1.84. The zero-order chi connectivity index (χ0) is 10.3. The van der Waals surface area contributed by atoms with Crippen LogP contribution in [0.25, 0.3) is 10.2 Å². The molecule has 1 heterocycles. The standard InChI is InChI=1S/C8H6FNO2S2/c1-14(11,12)8-10-6-4-5(9)2-3-7(6)13-8/h2-4H,1H3. The summed E-state index contributed by atoms with van der Waals surface area (Å²) in [6.45, 7) is 0. The van der Waals surface area contributed by atoms with Gasteiger partial charge in [-0.25, -0.2) is 17.8 Å². The van der Waals surface area contributed by atoms with Crippen LogP contribution in [0.4, 0.5) is 4.39 Å². The Kier molecular flexibility index (Phi) is 2.04. The Morgan fingerprint density at radius 2 is 2.14 bits per heavy atom. The van der Waals surface area contributed by atoms with Crippen molar-refractivity contribution in [3.63, 3.8) is 0 Å². The van der Waals surface area contributed by atoms with Crippen molar-refractivity contribution in [1.29, 1.82) is 0 Å². The molecule has 2 rings (SSSR count). The molecule has 3 nitrogen and oxygen atoms in total. The van der Waals surface area contributed by atoms with Gasteiger partial charge in [-0.15, -0.1) is 11.3 Å². The first kappa shape index (κ1) is 9.54. The number of nitrogens with zero attached hydrogens (tertiary/aromatic N) is 1. The topological polar surface area (TPSA) is 47.0 Å². The molecule has 0 saturated heterocycles. The van der Waals surface area contributed by atoms with Crippen LogP contribution >= 0.6 is 11.3 Å². The van der Waals surface area contributed by atoms with Crippen LogP contribution in [-0.4, -0.2) is 19.7 Å². The van der Waals surface area contributed by atoms with Crippen molar-refractivity contribution < 1.29 is 12.8 Å². The van der Waals surface area contributed by atoms with E-state index in [0.717, 1.165) is 17.6 Å². The van der Waals surface area contributed by atoms with Crippen molar-refractivity contribution in [1.82, 2.24) is 4.98 Å². The maximum atomic E-state index is 12.8. The normalized spacial score (nSPS) is 12.1. The van der Waals surface area contributed by atoms with Gasteiger partial charge in [-0.2, -0.15) is 0 Å². The highest BCUT2D eigenvalue weighted by Crippen LogP contribution is 2.25. The molecule has 0 atom stereocenters. The third-order valence-electron chi connectivity index (χ3n) is 1.65. The minimum Gasteiger partial charge on any atom is -0.225 e. The zero-order valence-electron chi connectivity index (χ0n) is 7.19. The van der Waals surface area contributed by atoms with Crippen molar-refractivity contribution in [2.75, 3.05) is 6.26 Å². The number of rotatable bonds is 1. The minimum atomic E-state index is -3.29. The summed E-state index contributed by atoms with van der Waals surface area (Å²) < 4.78 is 35.7. The van der Waals surface area contributed by atoms with Crippen molar-refractivity contribution in [2.24, 2.45) is 0 Å². The van der Waals surface area contributed by atoms with Gasteiger partial charge in [0.1, 0.15) is 5.82 Å². The Balaban J connectivity index is 2.75. The van der Waals surface area contributed by atoms with Gasteiger partial charge in [-0.3, -0.25) is 0 Å². The highest BCUT2D eigenvalue weighted by atomic mass is 32.2. The van der Waals surface area contributed by atoms with Gasteiger partial charge < -0.3 is 0 Å². The molecule has 0 N–H and O–H groups in total. The first-order valence-electron chi connectivity index (χ1n) is 3.73. The molecule has 0 fully saturated rings. The van der Waals surface area contributed by atoms with E-state index in [2.05, 4.69) is 4.98 Å². The molecule has 0 aliphatic rings. The smallest absolute Gasteiger partial charge is 0.210 e. The minimum absolute atomic E-state index is 0.0260. The number of halogens is 1. The summed E-state index contributed by atoms with van der Waals surface area (Å²) in [5, 5.41) is 0. The average molecular weight is 231 g/mol. The second kappa shape index (κ2) is 2.99. The fourth-order valence-electron chi connectivity index (χ4n) is 1.04. The molecule has 0 bridgehead atoms. The van der Waals surface area contributed by atoms with Crippen molar-refractivity contribution in [2.45, 2.75) is 4.34 Å².